The molecule has 15 atom stereocenters. The molecule has 43 heavy (non-hydrogen) atoms. The van der Waals surface area contributed by atoms with Crippen LogP contribution in [-0.4, -0.2) is 58.7 Å². The maximum Gasteiger partial charge on any atom is 0.0656 e. The Morgan fingerprint density at radius 3 is 1.95 bits per heavy atom. The molecule has 3 N–H and O–H groups in total. The second-order valence-corrected chi connectivity index (χ2v) is 20.3. The standard InChI is InChI=1S/C39H71NO3/c1-22-16-38(10)21-37(9)19-28-29(40(12)13)15-27(14-26-17-35(5,6)20-36(7,8)18-26)23(2)31(28)33(42)32(37)24(3)39(38,11)34(43)30(22)25(4)41/h22-34,41-43H,14-21H2,1-13H3. The van der Waals surface area contributed by atoms with Gasteiger partial charge in [0.05, 0.1) is 18.3 Å². The van der Waals surface area contributed by atoms with Crippen LogP contribution in [0.2, 0.25) is 0 Å². The average Bonchev–Trinajstić information content (AvgIpc) is 2.80. The summed E-state index contributed by atoms with van der Waals surface area (Å²) >= 11 is 0. The molecule has 5 fully saturated rings. The number of hydrogen-bond donors (Lipinski definition) is 3. The highest BCUT2D eigenvalue weighted by atomic mass is 16.3. The molecule has 0 bridgehead atoms. The highest BCUT2D eigenvalue weighted by molar-refractivity contribution is 5.19. The normalized spacial score (nSPS) is 53.9. The molecule has 0 aliphatic heterocycles. The molecular weight excluding hydrogens is 530 g/mol. The van der Waals surface area contributed by atoms with Gasteiger partial charge in [-0.1, -0.05) is 69.2 Å². The molecule has 0 aromatic rings. The quantitative estimate of drug-likeness (QED) is 0.307. The summed E-state index contributed by atoms with van der Waals surface area (Å²) in [5, 5.41) is 35.7. The number of aliphatic hydroxyl groups is 3. The van der Waals surface area contributed by atoms with Gasteiger partial charge in [-0.05, 0) is 141 Å². The molecule has 0 aromatic heterocycles. The zero-order chi connectivity index (χ0) is 32.2. The predicted octanol–water partition coefficient (Wildman–Crippen LogP) is 7.88. The summed E-state index contributed by atoms with van der Waals surface area (Å²) in [7, 11) is 4.58. The van der Waals surface area contributed by atoms with Crippen LogP contribution in [0.4, 0.5) is 0 Å². The molecule has 0 aromatic carbocycles. The van der Waals surface area contributed by atoms with Crippen LogP contribution in [-0.2, 0) is 0 Å². The number of nitrogens with zero attached hydrogens (tertiary/aromatic N) is 1. The van der Waals surface area contributed by atoms with Crippen LogP contribution in [0.15, 0.2) is 0 Å². The lowest BCUT2D eigenvalue weighted by atomic mass is 9.34. The Morgan fingerprint density at radius 2 is 1.42 bits per heavy atom. The molecule has 5 aliphatic carbocycles. The minimum absolute atomic E-state index is 0.0224. The average molecular weight is 602 g/mol. The van der Waals surface area contributed by atoms with Crippen LogP contribution >= 0.6 is 0 Å². The fourth-order valence-corrected chi connectivity index (χ4v) is 14.7. The highest BCUT2D eigenvalue weighted by Gasteiger charge is 2.70. The second kappa shape index (κ2) is 10.9. The van der Waals surface area contributed by atoms with E-state index in [2.05, 4.69) is 88.2 Å². The number of aliphatic hydroxyl groups excluding tert-OH is 3. The maximum absolute atomic E-state index is 12.7. The van der Waals surface area contributed by atoms with Crippen molar-refractivity contribution in [1.29, 1.82) is 0 Å². The molecule has 0 radical (unpaired) electrons. The van der Waals surface area contributed by atoms with Crippen LogP contribution in [0, 0.1) is 80.3 Å². The monoisotopic (exact) mass is 602 g/mol. The van der Waals surface area contributed by atoms with Crippen LogP contribution in [0.5, 0.6) is 0 Å². The Kier molecular flexibility index (Phi) is 8.70. The van der Waals surface area contributed by atoms with Gasteiger partial charge in [0.25, 0.3) is 0 Å². The van der Waals surface area contributed by atoms with E-state index in [0.29, 0.717) is 40.5 Å². The molecule has 0 spiro atoms. The van der Waals surface area contributed by atoms with Crippen LogP contribution in [0.25, 0.3) is 0 Å². The smallest absolute Gasteiger partial charge is 0.0656 e. The van der Waals surface area contributed by atoms with E-state index in [4.69, 9.17) is 0 Å². The van der Waals surface area contributed by atoms with Crippen molar-refractivity contribution in [1.82, 2.24) is 4.90 Å². The van der Waals surface area contributed by atoms with Crippen molar-refractivity contribution in [2.45, 2.75) is 152 Å². The third-order valence-electron chi connectivity index (χ3n) is 15.6. The lowest BCUT2D eigenvalue weighted by Gasteiger charge is -2.72. The van der Waals surface area contributed by atoms with Gasteiger partial charge in [-0.3, -0.25) is 0 Å². The molecule has 15 unspecified atom stereocenters. The first kappa shape index (κ1) is 34.2. The number of hydrogen-bond acceptors (Lipinski definition) is 4. The van der Waals surface area contributed by atoms with Gasteiger partial charge in [-0.2, -0.15) is 0 Å². The molecule has 4 heteroatoms. The van der Waals surface area contributed by atoms with E-state index >= 15 is 0 Å². The molecule has 5 saturated carbocycles. The Balaban J connectivity index is 1.48. The van der Waals surface area contributed by atoms with Crippen LogP contribution in [0.1, 0.15) is 128 Å². The third-order valence-corrected chi connectivity index (χ3v) is 15.6. The van der Waals surface area contributed by atoms with Crippen molar-refractivity contribution in [2.24, 2.45) is 80.3 Å². The van der Waals surface area contributed by atoms with Gasteiger partial charge in [-0.25, -0.2) is 0 Å². The van der Waals surface area contributed by atoms with Crippen molar-refractivity contribution in [3.63, 3.8) is 0 Å². The zero-order valence-electron chi connectivity index (χ0n) is 30.5. The maximum atomic E-state index is 12.7. The predicted molar refractivity (Wildman–Crippen MR) is 178 cm³/mol. The van der Waals surface area contributed by atoms with Gasteiger partial charge in [0.15, 0.2) is 0 Å². The summed E-state index contributed by atoms with van der Waals surface area (Å²) in [4.78, 5) is 2.51. The first-order valence-electron chi connectivity index (χ1n) is 18.3. The fraction of sp³-hybridized carbons (Fsp3) is 1.00. The highest BCUT2D eigenvalue weighted by Crippen LogP contribution is 2.73. The van der Waals surface area contributed by atoms with Crippen molar-refractivity contribution < 1.29 is 15.3 Å². The largest absolute Gasteiger partial charge is 0.393 e. The minimum Gasteiger partial charge on any atom is -0.393 e. The van der Waals surface area contributed by atoms with Gasteiger partial charge in [0.1, 0.15) is 0 Å². The summed E-state index contributed by atoms with van der Waals surface area (Å²) in [6.45, 7) is 26.2. The van der Waals surface area contributed by atoms with Crippen LogP contribution < -0.4 is 0 Å². The van der Waals surface area contributed by atoms with Crippen LogP contribution in [0.3, 0.4) is 0 Å². The molecule has 0 heterocycles. The van der Waals surface area contributed by atoms with E-state index in [1.165, 1.54) is 38.5 Å². The van der Waals surface area contributed by atoms with E-state index in [9.17, 15) is 15.3 Å². The molecule has 0 amide bonds. The summed E-state index contributed by atoms with van der Waals surface area (Å²) < 4.78 is 0. The fourth-order valence-electron chi connectivity index (χ4n) is 14.7. The van der Waals surface area contributed by atoms with E-state index in [1.807, 2.05) is 6.92 Å². The Hall–Kier alpha value is -0.160. The van der Waals surface area contributed by atoms with E-state index in [-0.39, 0.29) is 46.0 Å². The zero-order valence-corrected chi connectivity index (χ0v) is 30.5. The Labute approximate surface area is 266 Å². The molecular formula is C39H71NO3. The molecule has 4 nitrogen and oxygen atoms in total. The topological polar surface area (TPSA) is 63.9 Å². The number of rotatable bonds is 4. The molecule has 5 aliphatic rings. The first-order valence-corrected chi connectivity index (χ1v) is 18.3. The lowest BCUT2D eigenvalue weighted by molar-refractivity contribution is -0.280. The molecule has 0 saturated heterocycles. The van der Waals surface area contributed by atoms with Gasteiger partial charge >= 0.3 is 0 Å². The molecule has 5 rings (SSSR count). The lowest BCUT2D eigenvalue weighted by Crippen LogP contribution is -2.71. The minimum atomic E-state index is -0.560. The number of fused-ring (bicyclic) bond motifs is 3. The van der Waals surface area contributed by atoms with Crippen molar-refractivity contribution in [3.05, 3.63) is 0 Å². The summed E-state index contributed by atoms with van der Waals surface area (Å²) in [6.07, 6.45) is 8.38. The van der Waals surface area contributed by atoms with Crippen molar-refractivity contribution in [2.75, 3.05) is 14.1 Å². The Bertz CT molecular complexity index is 1010. The Morgan fingerprint density at radius 1 is 0.837 bits per heavy atom. The third kappa shape index (κ3) is 5.41. The summed E-state index contributed by atoms with van der Waals surface area (Å²) in [5.74, 6) is 3.24. The second-order valence-electron chi connectivity index (χ2n) is 20.3. The molecule has 250 valence electrons. The van der Waals surface area contributed by atoms with E-state index < -0.39 is 12.2 Å². The van der Waals surface area contributed by atoms with Gasteiger partial charge in [0, 0.05) is 17.4 Å². The first-order chi connectivity index (χ1) is 19.6. The van der Waals surface area contributed by atoms with Gasteiger partial charge in [-0.15, -0.1) is 0 Å². The van der Waals surface area contributed by atoms with E-state index in [0.717, 1.165) is 18.8 Å². The van der Waals surface area contributed by atoms with Crippen molar-refractivity contribution >= 4 is 0 Å². The summed E-state index contributed by atoms with van der Waals surface area (Å²) in [6, 6.07) is 0.509. The van der Waals surface area contributed by atoms with E-state index in [1.54, 1.807) is 0 Å². The summed E-state index contributed by atoms with van der Waals surface area (Å²) in [5.41, 5.74) is 0.495. The van der Waals surface area contributed by atoms with Gasteiger partial charge in [0.2, 0.25) is 0 Å². The SMILES string of the molecule is CC(O)C1C(C)CC2(C)CC3(C)CC4C(C(C)C(CC5CC(C)(C)CC(C)(C)C5)CC4N(C)C)C(O)C3C(C)C2(C)C1O. The van der Waals surface area contributed by atoms with Gasteiger partial charge < -0.3 is 20.2 Å². The van der Waals surface area contributed by atoms with Crippen molar-refractivity contribution in [3.8, 4) is 0 Å².